The Morgan fingerprint density at radius 2 is 1.62 bits per heavy atom. The van der Waals surface area contributed by atoms with Crippen LogP contribution in [0.15, 0.2) is 35.3 Å². The Kier molecular flexibility index (Phi) is 11.8. The SMILES string of the molecule is C#Cc1cc(-c2c(C)cc(F)cc2C)c(F)c([C@@H](CC(=O)O)NC(=O)[C@H](CC(C)C)n2cc(C3CCN(CC4CC4)CC3)c(C(F)(F)F)cc2=O)c1F. The van der Waals surface area contributed by atoms with Gasteiger partial charge in [-0.05, 0) is 117 Å². The van der Waals surface area contributed by atoms with Gasteiger partial charge >= 0.3 is 12.1 Å². The van der Waals surface area contributed by atoms with Crippen molar-refractivity contribution in [3.8, 4) is 23.5 Å². The van der Waals surface area contributed by atoms with Crippen LogP contribution in [0.2, 0.25) is 0 Å². The van der Waals surface area contributed by atoms with Gasteiger partial charge in [0.05, 0.1) is 23.6 Å². The lowest BCUT2D eigenvalue weighted by atomic mass is 9.87. The van der Waals surface area contributed by atoms with Crippen molar-refractivity contribution < 1.29 is 41.0 Å². The molecule has 0 spiro atoms. The van der Waals surface area contributed by atoms with Crippen LogP contribution < -0.4 is 10.9 Å². The summed E-state index contributed by atoms with van der Waals surface area (Å²) in [5.41, 5.74) is -3.14. The fraction of sp³-hybridized carbons (Fsp3) is 0.475. The molecule has 1 saturated heterocycles. The lowest BCUT2D eigenvalue weighted by Gasteiger charge is -2.34. The summed E-state index contributed by atoms with van der Waals surface area (Å²) < 4.78 is 90.8. The third-order valence-corrected chi connectivity index (χ3v) is 10.2. The maximum absolute atomic E-state index is 16.5. The van der Waals surface area contributed by atoms with Crippen LogP contribution in [0.25, 0.3) is 11.1 Å². The second kappa shape index (κ2) is 15.8. The minimum Gasteiger partial charge on any atom is -0.481 e. The van der Waals surface area contributed by atoms with Crippen LogP contribution >= 0.6 is 0 Å². The molecule has 13 heteroatoms. The molecule has 0 bridgehead atoms. The van der Waals surface area contributed by atoms with E-state index in [0.717, 1.165) is 48.3 Å². The summed E-state index contributed by atoms with van der Waals surface area (Å²) in [5, 5.41) is 12.2. The Morgan fingerprint density at radius 3 is 2.15 bits per heavy atom. The molecular formula is C40H43F6N3O4. The molecule has 0 radical (unpaired) electrons. The largest absolute Gasteiger partial charge is 0.481 e. The Hall–Kier alpha value is -4.57. The first kappa shape index (κ1) is 39.6. The van der Waals surface area contributed by atoms with Crippen LogP contribution in [-0.2, 0) is 15.8 Å². The van der Waals surface area contributed by atoms with Gasteiger partial charge < -0.3 is 19.9 Å². The van der Waals surface area contributed by atoms with Gasteiger partial charge in [-0.15, -0.1) is 6.42 Å². The van der Waals surface area contributed by atoms with Crippen LogP contribution in [0.3, 0.4) is 0 Å². The highest BCUT2D eigenvalue weighted by Gasteiger charge is 2.39. The lowest BCUT2D eigenvalue weighted by molar-refractivity contribution is -0.139. The number of nitrogens with one attached hydrogen (secondary N) is 1. The zero-order chi connectivity index (χ0) is 38.9. The van der Waals surface area contributed by atoms with Crippen LogP contribution in [0.1, 0.15) is 104 Å². The van der Waals surface area contributed by atoms with E-state index in [1.807, 2.05) is 0 Å². The van der Waals surface area contributed by atoms with Crippen molar-refractivity contribution >= 4 is 11.9 Å². The standard InChI is InChI=1S/C40H43F6N3O4/c1-6-25-16-28(35-22(4)14-27(41)15-23(35)5)38(43)36(37(25)42)31(18-34(51)52)47-39(53)32(13-21(2)3)49-20-29(30(17-33(49)50)40(44,45)46)26-9-11-48(12-10-26)19-24-7-8-24/h1,14-17,20-21,24,26,31-32H,7-13,18-19H2,2-5H3,(H,47,53)(H,51,52)/t31-,32+/m1/s1. The molecule has 2 heterocycles. The second-order valence-electron chi connectivity index (χ2n) is 14.8. The number of carboxylic acids is 1. The third-order valence-electron chi connectivity index (χ3n) is 10.2. The summed E-state index contributed by atoms with van der Waals surface area (Å²) in [7, 11) is 0. The number of benzene rings is 2. The number of nitrogens with zero attached hydrogens (tertiary/aromatic N) is 2. The van der Waals surface area contributed by atoms with Gasteiger partial charge in [0.25, 0.3) is 5.56 Å². The predicted octanol–water partition coefficient (Wildman–Crippen LogP) is 8.06. The zero-order valence-electron chi connectivity index (χ0n) is 30.0. The average Bonchev–Trinajstić information content (AvgIpc) is 3.88. The number of carboxylic acid groups (broad SMARTS) is 1. The molecule has 2 aliphatic rings. The van der Waals surface area contributed by atoms with Gasteiger partial charge in [-0.3, -0.25) is 14.4 Å². The minimum atomic E-state index is -4.85. The van der Waals surface area contributed by atoms with Crippen LogP contribution in [0.5, 0.6) is 0 Å². The zero-order valence-corrected chi connectivity index (χ0v) is 30.0. The first-order chi connectivity index (χ1) is 24.9. The number of amides is 1. The number of hydrogen-bond donors (Lipinski definition) is 2. The summed E-state index contributed by atoms with van der Waals surface area (Å²) in [5.74, 6) is -3.85. The van der Waals surface area contributed by atoms with E-state index in [9.17, 15) is 37.1 Å². The topological polar surface area (TPSA) is 91.6 Å². The number of carbonyl (C=O) groups excluding carboxylic acids is 1. The number of likely N-dealkylation sites (tertiary alicyclic amines) is 1. The molecule has 5 rings (SSSR count). The maximum atomic E-state index is 16.5. The molecule has 1 amide bonds. The average molecular weight is 744 g/mol. The van der Waals surface area contributed by atoms with Crippen molar-refractivity contribution in [3.63, 3.8) is 0 Å². The van der Waals surface area contributed by atoms with Gasteiger partial charge in [0, 0.05) is 29.9 Å². The van der Waals surface area contributed by atoms with Crippen LogP contribution in [0, 0.1) is 55.5 Å². The number of aromatic nitrogens is 1. The second-order valence-corrected chi connectivity index (χ2v) is 14.8. The maximum Gasteiger partial charge on any atom is 0.416 e. The number of rotatable bonds is 12. The van der Waals surface area contributed by atoms with Crippen molar-refractivity contribution in [1.82, 2.24) is 14.8 Å². The summed E-state index contributed by atoms with van der Waals surface area (Å²) >= 11 is 0. The number of carbonyl (C=O) groups is 2. The highest BCUT2D eigenvalue weighted by Crippen LogP contribution is 2.41. The van der Waals surface area contributed by atoms with Gasteiger partial charge in [-0.1, -0.05) is 19.8 Å². The van der Waals surface area contributed by atoms with Gasteiger partial charge in [-0.2, -0.15) is 13.2 Å². The van der Waals surface area contributed by atoms with Gasteiger partial charge in [0.1, 0.15) is 23.5 Å². The van der Waals surface area contributed by atoms with Crippen molar-refractivity contribution in [2.24, 2.45) is 11.8 Å². The van der Waals surface area contributed by atoms with E-state index in [-0.39, 0.29) is 40.2 Å². The fourth-order valence-electron chi connectivity index (χ4n) is 7.52. The number of aryl methyl sites for hydroxylation is 2. The number of pyridine rings is 1. The molecule has 284 valence electrons. The summed E-state index contributed by atoms with van der Waals surface area (Å²) in [6.45, 7) is 8.50. The first-order valence-electron chi connectivity index (χ1n) is 17.7. The Bertz CT molecular complexity index is 1960. The fourth-order valence-corrected chi connectivity index (χ4v) is 7.52. The Labute approximate surface area is 304 Å². The quantitative estimate of drug-likeness (QED) is 0.145. The van der Waals surface area contributed by atoms with E-state index in [1.54, 1.807) is 13.8 Å². The van der Waals surface area contributed by atoms with Crippen molar-refractivity contribution in [3.05, 3.63) is 91.6 Å². The van der Waals surface area contributed by atoms with Gasteiger partial charge in [0.2, 0.25) is 5.91 Å². The van der Waals surface area contributed by atoms with Crippen LogP contribution in [-0.4, -0.2) is 46.1 Å². The van der Waals surface area contributed by atoms with Crippen molar-refractivity contribution in [1.29, 1.82) is 0 Å². The molecule has 7 nitrogen and oxygen atoms in total. The van der Waals surface area contributed by atoms with E-state index in [1.165, 1.54) is 13.8 Å². The molecule has 1 aromatic heterocycles. The number of alkyl halides is 3. The highest BCUT2D eigenvalue weighted by molar-refractivity contribution is 5.82. The molecule has 1 aliphatic carbocycles. The van der Waals surface area contributed by atoms with Crippen LogP contribution in [0.4, 0.5) is 26.3 Å². The Morgan fingerprint density at radius 1 is 1.00 bits per heavy atom. The molecule has 2 aromatic carbocycles. The monoisotopic (exact) mass is 743 g/mol. The van der Waals surface area contributed by atoms with Gasteiger partial charge in [-0.25, -0.2) is 13.2 Å². The number of terminal acetylenes is 1. The van der Waals surface area contributed by atoms with Gasteiger partial charge in [0.15, 0.2) is 0 Å². The number of aliphatic carboxylic acids is 1. The molecule has 2 N–H and O–H groups in total. The summed E-state index contributed by atoms with van der Waals surface area (Å²) in [6, 6.07) is 0.460. The highest BCUT2D eigenvalue weighted by atomic mass is 19.4. The number of piperidine rings is 1. The van der Waals surface area contributed by atoms with Crippen molar-refractivity contribution in [2.75, 3.05) is 19.6 Å². The molecule has 3 aromatic rings. The van der Waals surface area contributed by atoms with E-state index >= 15 is 8.78 Å². The molecular weight excluding hydrogens is 700 g/mol. The number of halogens is 6. The lowest BCUT2D eigenvalue weighted by Crippen LogP contribution is -2.41. The van der Waals surface area contributed by atoms with E-state index in [4.69, 9.17) is 6.42 Å². The first-order valence-corrected chi connectivity index (χ1v) is 17.7. The third kappa shape index (κ3) is 8.98. The molecule has 0 unspecified atom stereocenters. The van der Waals surface area contributed by atoms with E-state index in [0.29, 0.717) is 37.9 Å². The minimum absolute atomic E-state index is 0.0786. The van der Waals surface area contributed by atoms with E-state index in [2.05, 4.69) is 16.1 Å². The summed E-state index contributed by atoms with van der Waals surface area (Å²) in [4.78, 5) is 42.0. The summed E-state index contributed by atoms with van der Waals surface area (Å²) in [6.07, 6.45) is 3.79. The van der Waals surface area contributed by atoms with E-state index < -0.39 is 82.2 Å². The molecule has 1 saturated carbocycles. The van der Waals surface area contributed by atoms with Crippen molar-refractivity contribution in [2.45, 2.75) is 90.4 Å². The Balaban J connectivity index is 1.58. The molecule has 1 aliphatic heterocycles. The molecule has 2 fully saturated rings. The normalized spacial score (nSPS) is 16.7. The molecule has 2 atom stereocenters. The molecule has 53 heavy (non-hydrogen) atoms. The smallest absolute Gasteiger partial charge is 0.416 e. The number of hydrogen-bond acceptors (Lipinski definition) is 4. The predicted molar refractivity (Wildman–Crippen MR) is 188 cm³/mol.